The van der Waals surface area contributed by atoms with Gasteiger partial charge in [-0.25, -0.2) is 20.4 Å². The molecule has 0 saturated heterocycles. The first-order valence-electron chi connectivity index (χ1n) is 9.95. The van der Waals surface area contributed by atoms with Crippen molar-refractivity contribution in [3.8, 4) is 17.0 Å². The second-order valence-corrected chi connectivity index (χ2v) is 6.88. The van der Waals surface area contributed by atoms with Crippen molar-refractivity contribution in [2.24, 2.45) is 0 Å². The van der Waals surface area contributed by atoms with Gasteiger partial charge in [0.2, 0.25) is 11.9 Å². The zero-order valence-corrected chi connectivity index (χ0v) is 17.5. The first-order valence-corrected chi connectivity index (χ1v) is 9.95. The average molecular weight is 480 g/mol. The summed E-state index contributed by atoms with van der Waals surface area (Å²) in [6, 6.07) is 10.2. The van der Waals surface area contributed by atoms with Gasteiger partial charge in [0, 0.05) is 42.7 Å². The third-order valence-electron chi connectivity index (χ3n) is 4.32. The highest BCUT2D eigenvalue weighted by Gasteiger charge is 2.44. The van der Waals surface area contributed by atoms with Crippen molar-refractivity contribution in [1.82, 2.24) is 20.4 Å². The molecule has 1 aromatic carbocycles. The number of carbonyl (C=O) groups excluding carboxylic acids is 1. The molecule has 0 fully saturated rings. The monoisotopic (exact) mass is 480 g/mol. The van der Waals surface area contributed by atoms with Crippen LogP contribution in [0.15, 0.2) is 54.9 Å². The number of nitrogens with zero attached hydrogens (tertiary/aromatic N) is 3. The number of ether oxygens (including phenoxy) is 1. The van der Waals surface area contributed by atoms with E-state index in [1.807, 2.05) is 0 Å². The summed E-state index contributed by atoms with van der Waals surface area (Å²) < 4.78 is 55.1. The zero-order valence-electron chi connectivity index (χ0n) is 17.5. The van der Waals surface area contributed by atoms with Gasteiger partial charge in [-0.15, -0.1) is 0 Å². The van der Waals surface area contributed by atoms with Gasteiger partial charge in [0.25, 0.3) is 0 Å². The van der Waals surface area contributed by atoms with Gasteiger partial charge in [-0.1, -0.05) is 6.07 Å². The van der Waals surface area contributed by atoms with Crippen LogP contribution in [0.5, 0.6) is 5.75 Å². The van der Waals surface area contributed by atoms with E-state index in [1.54, 1.807) is 29.9 Å². The van der Waals surface area contributed by atoms with Crippen LogP contribution in [0.1, 0.15) is 12.8 Å². The lowest BCUT2D eigenvalue weighted by atomic mass is 10.2. The predicted octanol–water partition coefficient (Wildman–Crippen LogP) is 4.22. The Morgan fingerprint density at radius 3 is 2.68 bits per heavy atom. The maximum absolute atomic E-state index is 13.2. The Kier molecular flexibility index (Phi) is 8.14. The van der Waals surface area contributed by atoms with Crippen LogP contribution >= 0.6 is 0 Å². The molecule has 2 heterocycles. The maximum Gasteiger partial charge on any atom is 0.461 e. The van der Waals surface area contributed by atoms with Gasteiger partial charge in [-0.05, 0) is 36.8 Å². The van der Waals surface area contributed by atoms with Crippen molar-refractivity contribution in [3.05, 3.63) is 54.9 Å². The minimum atomic E-state index is -4.62. The second-order valence-electron chi connectivity index (χ2n) is 6.88. The number of aromatic nitrogens is 3. The number of nitrogens with one attached hydrogen (secondary N) is 3. The minimum absolute atomic E-state index is 0.136. The Morgan fingerprint density at radius 2 is 1.91 bits per heavy atom. The highest BCUT2D eigenvalue weighted by Crippen LogP contribution is 2.29. The molecule has 0 aliphatic heterocycles. The first kappa shape index (κ1) is 24.6. The Hall–Kier alpha value is -4.00. The normalized spacial score (nSPS) is 11.2. The van der Waals surface area contributed by atoms with Crippen LogP contribution in [0, 0.1) is 0 Å². The summed E-state index contributed by atoms with van der Waals surface area (Å²) in [5.41, 5.74) is 3.04. The van der Waals surface area contributed by atoms with Crippen molar-refractivity contribution in [1.29, 1.82) is 0 Å². The quantitative estimate of drug-likeness (QED) is 0.139. The van der Waals surface area contributed by atoms with Crippen LogP contribution in [0.4, 0.5) is 35.0 Å². The van der Waals surface area contributed by atoms with Crippen molar-refractivity contribution < 1.29 is 32.3 Å². The molecule has 4 N–H and O–H groups in total. The number of hydrogen-bond donors (Lipinski definition) is 4. The summed E-state index contributed by atoms with van der Waals surface area (Å²) in [6.07, 6.45) is -4.91. The predicted molar refractivity (Wildman–Crippen MR) is 114 cm³/mol. The van der Waals surface area contributed by atoms with Crippen LogP contribution < -0.4 is 20.9 Å². The van der Waals surface area contributed by atoms with Crippen LogP contribution in [0.25, 0.3) is 11.3 Å². The van der Waals surface area contributed by atoms with Crippen molar-refractivity contribution in [2.75, 3.05) is 17.2 Å². The molecule has 0 aliphatic rings. The average Bonchev–Trinajstić information content (AvgIpc) is 2.82. The fraction of sp³-hybridized carbons (Fsp3) is 0.238. The van der Waals surface area contributed by atoms with Crippen molar-refractivity contribution in [2.45, 2.75) is 25.4 Å². The number of benzene rings is 1. The Morgan fingerprint density at radius 1 is 1.12 bits per heavy atom. The third kappa shape index (κ3) is 7.00. The lowest BCUT2D eigenvalue weighted by Crippen LogP contribution is -2.33. The maximum atomic E-state index is 13.2. The Balaban J connectivity index is 1.68. The highest BCUT2D eigenvalue weighted by atomic mass is 19.3. The Labute approximate surface area is 191 Å². The molecule has 1 amide bonds. The van der Waals surface area contributed by atoms with Crippen LogP contribution in [-0.2, 0) is 4.79 Å². The molecular formula is C21H20F4N6O3. The van der Waals surface area contributed by atoms with E-state index < -0.39 is 24.2 Å². The summed E-state index contributed by atoms with van der Waals surface area (Å²) in [5, 5.41) is 14.4. The Bertz CT molecular complexity index is 1120. The molecule has 13 heteroatoms. The lowest BCUT2D eigenvalue weighted by molar-refractivity contribution is -0.253. The molecule has 0 saturated carbocycles. The minimum Gasteiger partial charge on any atom is -0.428 e. The van der Waals surface area contributed by atoms with E-state index >= 15 is 0 Å². The molecule has 3 aromatic rings. The molecule has 0 atom stereocenters. The third-order valence-corrected chi connectivity index (χ3v) is 4.32. The summed E-state index contributed by atoms with van der Waals surface area (Å²) in [6.45, 7) is 0.448. The lowest BCUT2D eigenvalue weighted by Gasteiger charge is -2.17. The van der Waals surface area contributed by atoms with E-state index in [2.05, 4.69) is 30.3 Å². The molecule has 0 spiro atoms. The van der Waals surface area contributed by atoms with Crippen LogP contribution in [-0.4, -0.2) is 45.1 Å². The smallest absolute Gasteiger partial charge is 0.428 e. The van der Waals surface area contributed by atoms with Gasteiger partial charge in [-0.2, -0.15) is 17.6 Å². The molecule has 3 rings (SSSR count). The number of hydroxylamine groups is 1. The molecular weight excluding hydrogens is 460 g/mol. The van der Waals surface area contributed by atoms with Crippen LogP contribution in [0.3, 0.4) is 0 Å². The standard InChI is InChI=1S/C21H20F4N6O3/c22-19(23)21(24,25)34-15-4-1-3-14(12-15)29-20-28-10-7-16(30-20)13-6-9-27-17(11-13)26-8-2-5-18(32)31-33/h1,3-4,6-7,9-12,19,33H,2,5,8H2,(H,26,27)(H,31,32)(H,28,29,30). The van der Waals surface area contributed by atoms with Crippen molar-refractivity contribution >= 4 is 23.4 Å². The molecule has 0 bridgehead atoms. The van der Waals surface area contributed by atoms with Gasteiger partial charge in [0.1, 0.15) is 11.6 Å². The number of hydrogen-bond acceptors (Lipinski definition) is 8. The number of anilines is 3. The van der Waals surface area contributed by atoms with Gasteiger partial charge in [-0.3, -0.25) is 10.0 Å². The van der Waals surface area contributed by atoms with E-state index in [0.29, 0.717) is 30.0 Å². The number of rotatable bonds is 11. The van der Waals surface area contributed by atoms with E-state index in [0.717, 1.165) is 12.1 Å². The molecule has 180 valence electrons. The molecule has 0 radical (unpaired) electrons. The van der Waals surface area contributed by atoms with Gasteiger partial charge in [0.15, 0.2) is 0 Å². The molecule has 9 nitrogen and oxygen atoms in total. The van der Waals surface area contributed by atoms with Gasteiger partial charge < -0.3 is 15.4 Å². The van der Waals surface area contributed by atoms with E-state index in [1.165, 1.54) is 18.3 Å². The summed E-state index contributed by atoms with van der Waals surface area (Å²) in [4.78, 5) is 23.7. The molecule has 2 aromatic heterocycles. The summed E-state index contributed by atoms with van der Waals surface area (Å²) in [5.74, 6) is -0.256. The fourth-order valence-electron chi connectivity index (χ4n) is 2.76. The number of halogens is 4. The molecule has 0 aliphatic carbocycles. The second kappa shape index (κ2) is 11.2. The molecule has 34 heavy (non-hydrogen) atoms. The number of carbonyl (C=O) groups is 1. The topological polar surface area (TPSA) is 121 Å². The highest BCUT2D eigenvalue weighted by molar-refractivity contribution is 5.74. The van der Waals surface area contributed by atoms with Gasteiger partial charge in [0.05, 0.1) is 5.69 Å². The van der Waals surface area contributed by atoms with E-state index in [-0.39, 0.29) is 18.1 Å². The number of amides is 1. The SMILES string of the molecule is O=C(CCCNc1cc(-c2ccnc(Nc3cccc(OC(F)(F)C(F)F)c3)n2)ccn1)NO. The zero-order chi connectivity index (χ0) is 24.6. The van der Waals surface area contributed by atoms with Crippen molar-refractivity contribution in [3.63, 3.8) is 0 Å². The summed E-state index contributed by atoms with van der Waals surface area (Å²) >= 11 is 0. The number of alkyl halides is 4. The van der Waals surface area contributed by atoms with Crippen LogP contribution in [0.2, 0.25) is 0 Å². The molecule has 0 unspecified atom stereocenters. The van der Waals surface area contributed by atoms with E-state index in [4.69, 9.17) is 5.21 Å². The largest absolute Gasteiger partial charge is 0.461 e. The number of pyridine rings is 1. The van der Waals surface area contributed by atoms with Gasteiger partial charge >= 0.3 is 12.5 Å². The van der Waals surface area contributed by atoms with E-state index in [9.17, 15) is 22.4 Å². The first-order chi connectivity index (χ1) is 16.3. The fourth-order valence-corrected chi connectivity index (χ4v) is 2.76. The summed E-state index contributed by atoms with van der Waals surface area (Å²) in [7, 11) is 0.